The summed E-state index contributed by atoms with van der Waals surface area (Å²) in [6.45, 7) is 12.1. The average Bonchev–Trinajstić information content (AvgIpc) is 3.33. The topological polar surface area (TPSA) is 64.8 Å². The number of piperidine rings is 1. The molecule has 0 saturated carbocycles. The van der Waals surface area contributed by atoms with E-state index < -0.39 is 0 Å². The number of hydrogen-bond donors (Lipinski definition) is 1. The predicted molar refractivity (Wildman–Crippen MR) is 141 cm³/mol. The third kappa shape index (κ3) is 5.92. The molecule has 2 aliphatic rings. The number of likely N-dealkylation sites (N-methyl/N-ethyl adjacent to an activating group) is 1. The number of aliphatic imine (C=N–C) groups is 1. The highest BCUT2D eigenvalue weighted by molar-refractivity contribution is 14.0. The Morgan fingerprint density at radius 1 is 1.19 bits per heavy atom. The molecule has 2 fully saturated rings. The summed E-state index contributed by atoms with van der Waals surface area (Å²) in [5.41, 5.74) is 1.19. The van der Waals surface area contributed by atoms with Crippen LogP contribution in [0.15, 0.2) is 42.0 Å². The van der Waals surface area contributed by atoms with E-state index in [1.54, 1.807) is 0 Å². The Morgan fingerprint density at radius 2 is 2.00 bits per heavy atom. The van der Waals surface area contributed by atoms with Gasteiger partial charge >= 0.3 is 0 Å². The molecule has 0 spiro atoms. The molecule has 4 rings (SSSR count). The van der Waals surface area contributed by atoms with E-state index in [9.17, 15) is 0 Å². The molecule has 2 unspecified atom stereocenters. The van der Waals surface area contributed by atoms with Crippen molar-refractivity contribution in [3.05, 3.63) is 42.6 Å². The number of likely N-dealkylation sites (tertiary alicyclic amines) is 1. The normalized spacial score (nSPS) is 22.5. The molecule has 1 N–H and O–H groups in total. The minimum absolute atomic E-state index is 0. The highest BCUT2D eigenvalue weighted by atomic mass is 127. The van der Waals surface area contributed by atoms with Crippen molar-refractivity contribution in [2.75, 3.05) is 57.8 Å². The second-order valence-corrected chi connectivity index (χ2v) is 8.74. The van der Waals surface area contributed by atoms with Gasteiger partial charge in [0.05, 0.1) is 18.9 Å². The highest BCUT2D eigenvalue weighted by Gasteiger charge is 2.29. The van der Waals surface area contributed by atoms with Gasteiger partial charge in [-0.05, 0) is 32.4 Å². The van der Waals surface area contributed by atoms with E-state index in [2.05, 4.69) is 62.7 Å². The first-order valence-corrected chi connectivity index (χ1v) is 11.5. The Morgan fingerprint density at radius 3 is 2.72 bits per heavy atom. The molecule has 2 aromatic rings. The molecule has 2 saturated heterocycles. The fraction of sp³-hybridized carbons (Fsp3) is 0.609. The fourth-order valence-corrected chi connectivity index (χ4v) is 4.54. The smallest absolute Gasteiger partial charge is 0.194 e. The van der Waals surface area contributed by atoms with Crippen molar-refractivity contribution in [3.8, 4) is 0 Å². The van der Waals surface area contributed by atoms with E-state index in [0.29, 0.717) is 18.5 Å². The van der Waals surface area contributed by atoms with Gasteiger partial charge in [0, 0.05) is 70.0 Å². The van der Waals surface area contributed by atoms with Gasteiger partial charge in [-0.3, -0.25) is 0 Å². The summed E-state index contributed by atoms with van der Waals surface area (Å²) in [6.07, 6.45) is 8.92. The standard InChI is InChI=1S/C23H36N8.HI/c1-4-25-23(30-10-7-19(2)21(17-30)31-11-9-24-18-31)27-16-20-6-5-8-26-22(20)29-14-12-28(3)13-15-29;/h5-6,8-9,11,18-19,21H,4,7,10,12-17H2,1-3H3,(H,25,27);1H. The summed E-state index contributed by atoms with van der Waals surface area (Å²) in [4.78, 5) is 21.2. The lowest BCUT2D eigenvalue weighted by Gasteiger charge is -2.39. The van der Waals surface area contributed by atoms with E-state index in [-0.39, 0.29) is 24.0 Å². The molecule has 2 aliphatic heterocycles. The number of anilines is 1. The minimum atomic E-state index is 0. The number of nitrogens with one attached hydrogen (secondary N) is 1. The molecule has 0 amide bonds. The molecule has 0 bridgehead atoms. The third-order valence-electron chi connectivity index (χ3n) is 6.53. The SMILES string of the molecule is CCNC(=NCc1cccnc1N1CCN(C)CC1)N1CCC(C)C(n2ccnc2)C1.I. The maximum Gasteiger partial charge on any atom is 0.194 e. The summed E-state index contributed by atoms with van der Waals surface area (Å²) in [5, 5.41) is 3.52. The van der Waals surface area contributed by atoms with Gasteiger partial charge in [0.25, 0.3) is 0 Å². The molecule has 9 heteroatoms. The van der Waals surface area contributed by atoms with Crippen LogP contribution in [0, 0.1) is 5.92 Å². The Kier molecular flexibility index (Phi) is 9.15. The lowest BCUT2D eigenvalue weighted by atomic mass is 9.93. The number of guanidine groups is 1. The van der Waals surface area contributed by atoms with Crippen LogP contribution in [0.25, 0.3) is 0 Å². The van der Waals surface area contributed by atoms with Gasteiger partial charge < -0.3 is 24.6 Å². The molecule has 32 heavy (non-hydrogen) atoms. The van der Waals surface area contributed by atoms with Crippen LogP contribution in [0.2, 0.25) is 0 Å². The monoisotopic (exact) mass is 552 g/mol. The lowest BCUT2D eigenvalue weighted by Crippen LogP contribution is -2.49. The summed E-state index contributed by atoms with van der Waals surface area (Å²) in [5.74, 6) is 2.70. The summed E-state index contributed by atoms with van der Waals surface area (Å²) in [7, 11) is 2.18. The van der Waals surface area contributed by atoms with Crippen LogP contribution in [-0.4, -0.2) is 83.2 Å². The number of pyridine rings is 1. The zero-order chi connectivity index (χ0) is 21.6. The van der Waals surface area contributed by atoms with Crippen molar-refractivity contribution in [1.29, 1.82) is 0 Å². The van der Waals surface area contributed by atoms with Gasteiger partial charge in [0.15, 0.2) is 5.96 Å². The van der Waals surface area contributed by atoms with Crippen LogP contribution >= 0.6 is 24.0 Å². The summed E-state index contributed by atoms with van der Waals surface area (Å²) in [6, 6.07) is 4.61. The average molecular weight is 553 g/mol. The van der Waals surface area contributed by atoms with E-state index in [1.165, 1.54) is 5.56 Å². The quantitative estimate of drug-likeness (QED) is 0.350. The second-order valence-electron chi connectivity index (χ2n) is 8.74. The third-order valence-corrected chi connectivity index (χ3v) is 6.53. The van der Waals surface area contributed by atoms with Gasteiger partial charge in [0.1, 0.15) is 5.82 Å². The van der Waals surface area contributed by atoms with Gasteiger partial charge in [-0.1, -0.05) is 13.0 Å². The van der Waals surface area contributed by atoms with Gasteiger partial charge in [0.2, 0.25) is 0 Å². The van der Waals surface area contributed by atoms with Gasteiger partial charge in [-0.2, -0.15) is 0 Å². The van der Waals surface area contributed by atoms with Gasteiger partial charge in [-0.25, -0.2) is 15.0 Å². The molecule has 2 atom stereocenters. The van der Waals surface area contributed by atoms with Gasteiger partial charge in [-0.15, -0.1) is 24.0 Å². The van der Waals surface area contributed by atoms with Crippen LogP contribution in [0.3, 0.4) is 0 Å². The van der Waals surface area contributed by atoms with E-state index in [0.717, 1.165) is 64.0 Å². The van der Waals surface area contributed by atoms with Crippen molar-refractivity contribution in [1.82, 2.24) is 29.7 Å². The van der Waals surface area contributed by atoms with E-state index in [1.807, 2.05) is 24.8 Å². The highest BCUT2D eigenvalue weighted by Crippen LogP contribution is 2.27. The zero-order valence-corrected chi connectivity index (χ0v) is 21.9. The second kappa shape index (κ2) is 11.8. The van der Waals surface area contributed by atoms with Crippen LogP contribution in [-0.2, 0) is 6.54 Å². The van der Waals surface area contributed by atoms with Crippen LogP contribution < -0.4 is 10.2 Å². The van der Waals surface area contributed by atoms with Crippen LogP contribution in [0.5, 0.6) is 0 Å². The molecule has 0 aromatic carbocycles. The number of aromatic nitrogens is 3. The maximum atomic E-state index is 5.05. The first-order chi connectivity index (χ1) is 15.2. The zero-order valence-electron chi connectivity index (χ0n) is 19.5. The summed E-state index contributed by atoms with van der Waals surface area (Å²) < 4.78 is 2.24. The number of rotatable bonds is 5. The molecule has 4 heterocycles. The Bertz CT molecular complexity index is 847. The number of piperazine rings is 1. The molecule has 0 aliphatic carbocycles. The predicted octanol–water partition coefficient (Wildman–Crippen LogP) is 2.70. The Balaban J connectivity index is 0.00000289. The van der Waals surface area contributed by atoms with Crippen molar-refractivity contribution in [2.45, 2.75) is 32.9 Å². The molecular weight excluding hydrogens is 515 g/mol. The van der Waals surface area contributed by atoms with E-state index >= 15 is 0 Å². The maximum absolute atomic E-state index is 5.05. The molecular formula is C23H37IN8. The Hall–Kier alpha value is -1.88. The number of hydrogen-bond acceptors (Lipinski definition) is 5. The molecule has 8 nitrogen and oxygen atoms in total. The number of nitrogens with zero attached hydrogens (tertiary/aromatic N) is 7. The molecule has 176 valence electrons. The molecule has 0 radical (unpaired) electrons. The van der Waals surface area contributed by atoms with Crippen molar-refractivity contribution >= 4 is 35.8 Å². The van der Waals surface area contributed by atoms with Crippen molar-refractivity contribution in [2.24, 2.45) is 10.9 Å². The van der Waals surface area contributed by atoms with E-state index in [4.69, 9.17) is 9.98 Å². The largest absolute Gasteiger partial charge is 0.357 e. The van der Waals surface area contributed by atoms with Crippen molar-refractivity contribution < 1.29 is 0 Å². The van der Waals surface area contributed by atoms with Crippen molar-refractivity contribution in [3.63, 3.8) is 0 Å². The van der Waals surface area contributed by atoms with Crippen LogP contribution in [0.1, 0.15) is 31.9 Å². The molecule has 2 aromatic heterocycles. The number of imidazole rings is 1. The number of halogens is 1. The first-order valence-electron chi connectivity index (χ1n) is 11.5. The van der Waals surface area contributed by atoms with Crippen LogP contribution in [0.4, 0.5) is 5.82 Å². The Labute approximate surface area is 209 Å². The summed E-state index contributed by atoms with van der Waals surface area (Å²) >= 11 is 0. The lowest BCUT2D eigenvalue weighted by molar-refractivity contribution is 0.189. The fourth-order valence-electron chi connectivity index (χ4n) is 4.54. The first kappa shape index (κ1) is 24.8. The minimum Gasteiger partial charge on any atom is -0.357 e.